The summed E-state index contributed by atoms with van der Waals surface area (Å²) in [6.07, 6.45) is 0.871. The third kappa shape index (κ3) is 3.03. The van der Waals surface area contributed by atoms with Crippen molar-refractivity contribution in [3.05, 3.63) is 34.3 Å². The monoisotopic (exact) mass is 267 g/mol. The molecule has 4 heteroatoms. The van der Waals surface area contributed by atoms with Gasteiger partial charge in [0.05, 0.1) is 13.0 Å². The van der Waals surface area contributed by atoms with Gasteiger partial charge in [0.2, 0.25) is 0 Å². The van der Waals surface area contributed by atoms with E-state index in [0.29, 0.717) is 0 Å². The molecule has 1 aliphatic heterocycles. The Morgan fingerprint density at radius 2 is 2.33 bits per heavy atom. The van der Waals surface area contributed by atoms with Gasteiger partial charge in [-0.05, 0) is 37.1 Å². The minimum absolute atomic E-state index is 0.0132. The zero-order chi connectivity index (χ0) is 13.1. The molecular formula is C14H18ClNO2. The molecule has 1 fully saturated rings. The van der Waals surface area contributed by atoms with Gasteiger partial charge in [-0.15, -0.1) is 0 Å². The Morgan fingerprint density at radius 3 is 3.00 bits per heavy atom. The topological polar surface area (TPSA) is 29.5 Å². The molecule has 0 radical (unpaired) electrons. The molecule has 98 valence electrons. The second-order valence-electron chi connectivity index (χ2n) is 4.84. The van der Waals surface area contributed by atoms with Crippen molar-refractivity contribution in [1.29, 1.82) is 0 Å². The van der Waals surface area contributed by atoms with Crippen LogP contribution in [0.2, 0.25) is 5.02 Å². The lowest BCUT2D eigenvalue weighted by Gasteiger charge is -2.16. The van der Waals surface area contributed by atoms with Crippen LogP contribution in [0, 0.1) is 12.8 Å². The van der Waals surface area contributed by atoms with E-state index in [1.54, 1.807) is 0 Å². The Labute approximate surface area is 113 Å². The Bertz CT molecular complexity index is 447. The van der Waals surface area contributed by atoms with Crippen molar-refractivity contribution in [1.82, 2.24) is 4.90 Å². The summed E-state index contributed by atoms with van der Waals surface area (Å²) in [4.78, 5) is 13.7. The van der Waals surface area contributed by atoms with E-state index >= 15 is 0 Å². The number of methoxy groups -OCH3 is 1. The van der Waals surface area contributed by atoms with Gasteiger partial charge in [-0.25, -0.2) is 0 Å². The first-order chi connectivity index (χ1) is 8.60. The number of hydrogen-bond donors (Lipinski definition) is 0. The van der Waals surface area contributed by atoms with Crippen LogP contribution in [0.3, 0.4) is 0 Å². The number of benzene rings is 1. The lowest BCUT2D eigenvalue weighted by atomic mass is 10.1. The zero-order valence-electron chi connectivity index (χ0n) is 10.8. The van der Waals surface area contributed by atoms with Gasteiger partial charge in [-0.1, -0.05) is 23.7 Å². The van der Waals surface area contributed by atoms with Crippen LogP contribution < -0.4 is 0 Å². The summed E-state index contributed by atoms with van der Waals surface area (Å²) in [5.41, 5.74) is 2.28. The van der Waals surface area contributed by atoms with Gasteiger partial charge in [-0.3, -0.25) is 9.69 Å². The smallest absolute Gasteiger partial charge is 0.310 e. The first-order valence-corrected chi connectivity index (χ1v) is 6.53. The summed E-state index contributed by atoms with van der Waals surface area (Å²) < 4.78 is 4.78. The van der Waals surface area contributed by atoms with Gasteiger partial charge in [0.1, 0.15) is 0 Å². The summed E-state index contributed by atoms with van der Waals surface area (Å²) in [7, 11) is 1.45. The van der Waals surface area contributed by atoms with E-state index in [9.17, 15) is 4.79 Å². The molecule has 1 aliphatic rings. The number of halogens is 1. The van der Waals surface area contributed by atoms with Crippen molar-refractivity contribution in [3.63, 3.8) is 0 Å². The Kier molecular flexibility index (Phi) is 4.25. The number of carbonyl (C=O) groups is 1. The Balaban J connectivity index is 1.97. The molecule has 2 rings (SSSR count). The third-order valence-electron chi connectivity index (χ3n) is 3.41. The van der Waals surface area contributed by atoms with Gasteiger partial charge in [0, 0.05) is 18.1 Å². The molecule has 1 aromatic rings. The normalized spacial score (nSPS) is 20.1. The molecule has 1 atom stereocenters. The van der Waals surface area contributed by atoms with Gasteiger partial charge < -0.3 is 4.74 Å². The highest BCUT2D eigenvalue weighted by molar-refractivity contribution is 6.31. The van der Waals surface area contributed by atoms with E-state index in [4.69, 9.17) is 16.3 Å². The van der Waals surface area contributed by atoms with Crippen molar-refractivity contribution < 1.29 is 9.53 Å². The molecular weight excluding hydrogens is 250 g/mol. The molecule has 18 heavy (non-hydrogen) atoms. The highest BCUT2D eigenvalue weighted by Crippen LogP contribution is 2.23. The largest absolute Gasteiger partial charge is 0.469 e. The average molecular weight is 268 g/mol. The second kappa shape index (κ2) is 5.72. The van der Waals surface area contributed by atoms with Crippen molar-refractivity contribution in [2.24, 2.45) is 5.92 Å². The summed E-state index contributed by atoms with van der Waals surface area (Å²) in [6.45, 7) is 4.51. The molecule has 0 aliphatic carbocycles. The fraction of sp³-hybridized carbons (Fsp3) is 0.500. The van der Waals surface area contributed by atoms with Crippen LogP contribution in [0.5, 0.6) is 0 Å². The van der Waals surface area contributed by atoms with Crippen LogP contribution in [-0.2, 0) is 16.1 Å². The van der Waals surface area contributed by atoms with Crippen molar-refractivity contribution in [3.8, 4) is 0 Å². The molecule has 1 unspecified atom stereocenters. The number of carbonyl (C=O) groups excluding carboxylic acids is 1. The molecule has 1 saturated heterocycles. The zero-order valence-corrected chi connectivity index (χ0v) is 11.5. The molecule has 0 spiro atoms. The van der Waals surface area contributed by atoms with Gasteiger partial charge >= 0.3 is 5.97 Å². The highest BCUT2D eigenvalue weighted by atomic mass is 35.5. The summed E-state index contributed by atoms with van der Waals surface area (Å²) in [6, 6.07) is 6.10. The Hall–Kier alpha value is -1.06. The molecule has 1 heterocycles. The standard InChI is InChI=1S/C14H18ClNO2/c1-10-3-4-11(13(15)7-10)8-16-6-5-12(9-16)14(17)18-2/h3-4,7,12H,5-6,8-9H2,1-2H3. The van der Waals surface area contributed by atoms with Gasteiger partial charge in [0.15, 0.2) is 0 Å². The SMILES string of the molecule is COC(=O)C1CCN(Cc2ccc(C)cc2Cl)C1. The van der Waals surface area contributed by atoms with E-state index in [1.807, 2.05) is 13.0 Å². The van der Waals surface area contributed by atoms with Crippen molar-refractivity contribution >= 4 is 17.6 Å². The molecule has 0 aromatic heterocycles. The summed E-state index contributed by atoms with van der Waals surface area (Å²) >= 11 is 6.22. The second-order valence-corrected chi connectivity index (χ2v) is 5.25. The molecule has 0 N–H and O–H groups in total. The number of hydrogen-bond acceptors (Lipinski definition) is 3. The summed E-state index contributed by atoms with van der Waals surface area (Å²) in [5.74, 6) is -0.0910. The number of nitrogens with zero attached hydrogens (tertiary/aromatic N) is 1. The number of aryl methyl sites for hydroxylation is 1. The Morgan fingerprint density at radius 1 is 1.56 bits per heavy atom. The average Bonchev–Trinajstić information content (AvgIpc) is 2.80. The number of ether oxygens (including phenoxy) is 1. The van der Waals surface area contributed by atoms with Gasteiger partial charge in [0.25, 0.3) is 0 Å². The lowest BCUT2D eigenvalue weighted by molar-refractivity contribution is -0.144. The number of likely N-dealkylation sites (tertiary alicyclic amines) is 1. The van der Waals surface area contributed by atoms with Crippen LogP contribution >= 0.6 is 11.6 Å². The third-order valence-corrected chi connectivity index (χ3v) is 3.76. The first-order valence-electron chi connectivity index (χ1n) is 6.15. The van der Waals surface area contributed by atoms with Crippen LogP contribution in [0.15, 0.2) is 18.2 Å². The maximum Gasteiger partial charge on any atom is 0.310 e. The van der Waals surface area contributed by atoms with E-state index in [2.05, 4.69) is 17.0 Å². The maximum absolute atomic E-state index is 11.4. The van der Waals surface area contributed by atoms with Crippen LogP contribution in [-0.4, -0.2) is 31.1 Å². The minimum atomic E-state index is -0.104. The van der Waals surface area contributed by atoms with E-state index in [0.717, 1.165) is 42.2 Å². The van der Waals surface area contributed by atoms with Crippen molar-refractivity contribution in [2.75, 3.05) is 20.2 Å². The van der Waals surface area contributed by atoms with Crippen LogP contribution in [0.25, 0.3) is 0 Å². The predicted octanol–water partition coefficient (Wildman–Crippen LogP) is 2.64. The fourth-order valence-electron chi connectivity index (χ4n) is 2.36. The van der Waals surface area contributed by atoms with Gasteiger partial charge in [-0.2, -0.15) is 0 Å². The molecule has 1 aromatic carbocycles. The fourth-order valence-corrected chi connectivity index (χ4v) is 2.65. The van der Waals surface area contributed by atoms with Crippen molar-refractivity contribution in [2.45, 2.75) is 19.9 Å². The summed E-state index contributed by atoms with van der Waals surface area (Å²) in [5, 5.41) is 0.802. The predicted molar refractivity (Wildman–Crippen MR) is 71.6 cm³/mol. The quantitative estimate of drug-likeness (QED) is 0.789. The number of esters is 1. The van der Waals surface area contributed by atoms with Crippen LogP contribution in [0.1, 0.15) is 17.5 Å². The highest BCUT2D eigenvalue weighted by Gasteiger charge is 2.29. The maximum atomic E-state index is 11.4. The molecule has 0 amide bonds. The minimum Gasteiger partial charge on any atom is -0.469 e. The molecule has 0 bridgehead atoms. The molecule has 3 nitrogen and oxygen atoms in total. The van der Waals surface area contributed by atoms with E-state index in [-0.39, 0.29) is 11.9 Å². The van der Waals surface area contributed by atoms with Crippen LogP contribution in [0.4, 0.5) is 0 Å². The van der Waals surface area contributed by atoms with E-state index < -0.39 is 0 Å². The van der Waals surface area contributed by atoms with E-state index in [1.165, 1.54) is 7.11 Å². The first kappa shape index (κ1) is 13.4. The lowest BCUT2D eigenvalue weighted by Crippen LogP contribution is -2.23. The number of rotatable bonds is 3. The molecule has 0 saturated carbocycles.